The molecule has 0 aromatic heterocycles. The van der Waals surface area contributed by atoms with Crippen LogP contribution in [-0.2, 0) is 23.2 Å². The quantitative estimate of drug-likeness (QED) is 0.601. The van der Waals surface area contributed by atoms with Crippen molar-refractivity contribution in [2.45, 2.75) is 31.7 Å². The predicted octanol–water partition coefficient (Wildman–Crippen LogP) is 4.13. The number of carbonyl (C=O) groups excluding carboxylic acids is 3. The highest BCUT2D eigenvalue weighted by atomic mass is 35.5. The highest BCUT2D eigenvalue weighted by Gasteiger charge is 2.50. The molecule has 1 aliphatic carbocycles. The van der Waals surface area contributed by atoms with Crippen molar-refractivity contribution in [2.24, 2.45) is 0 Å². The third kappa shape index (κ3) is 3.09. The van der Waals surface area contributed by atoms with Gasteiger partial charge >= 0.3 is 6.03 Å². The van der Waals surface area contributed by atoms with Gasteiger partial charge in [0.15, 0.2) is 5.78 Å². The third-order valence-electron chi connectivity index (χ3n) is 5.47. The number of hydrogen-bond donors (Lipinski definition) is 1. The van der Waals surface area contributed by atoms with Crippen LogP contribution in [0.2, 0.25) is 10.0 Å². The summed E-state index contributed by atoms with van der Waals surface area (Å²) in [7, 11) is 0. The van der Waals surface area contributed by atoms with Gasteiger partial charge in [0.05, 0.1) is 6.54 Å². The lowest BCUT2D eigenvalue weighted by molar-refractivity contribution is -0.130. The molecule has 0 spiro atoms. The molecule has 5 nitrogen and oxygen atoms in total. The number of halogens is 2. The first kappa shape index (κ1) is 19.0. The van der Waals surface area contributed by atoms with Crippen molar-refractivity contribution >= 4 is 40.9 Å². The highest BCUT2D eigenvalue weighted by Crippen LogP contribution is 2.35. The number of urea groups is 1. The van der Waals surface area contributed by atoms with Crippen molar-refractivity contribution in [3.05, 3.63) is 68.7 Å². The zero-order valence-electron chi connectivity index (χ0n) is 15.2. The van der Waals surface area contributed by atoms with Crippen LogP contribution >= 0.6 is 23.2 Å². The van der Waals surface area contributed by atoms with Crippen molar-refractivity contribution in [3.63, 3.8) is 0 Å². The fraction of sp³-hybridized carbons (Fsp3) is 0.286. The number of rotatable bonds is 4. The minimum atomic E-state index is -1.35. The monoisotopic (exact) mass is 416 g/mol. The van der Waals surface area contributed by atoms with E-state index < -0.39 is 17.5 Å². The second kappa shape index (κ2) is 6.90. The predicted molar refractivity (Wildman–Crippen MR) is 107 cm³/mol. The summed E-state index contributed by atoms with van der Waals surface area (Å²) in [5.74, 6) is -0.791. The lowest BCUT2D eigenvalue weighted by Gasteiger charge is -2.23. The zero-order chi connectivity index (χ0) is 20.1. The van der Waals surface area contributed by atoms with E-state index in [9.17, 15) is 14.4 Å². The number of amides is 3. The average Bonchev–Trinajstić information content (AvgIpc) is 3.19. The van der Waals surface area contributed by atoms with Crippen LogP contribution < -0.4 is 5.32 Å². The Morgan fingerprint density at radius 1 is 1.11 bits per heavy atom. The molecule has 1 N–H and O–H groups in total. The average molecular weight is 417 g/mol. The van der Waals surface area contributed by atoms with E-state index in [1.54, 1.807) is 25.1 Å². The van der Waals surface area contributed by atoms with Crippen molar-refractivity contribution in [2.75, 3.05) is 6.54 Å². The Morgan fingerprint density at radius 3 is 2.61 bits per heavy atom. The summed E-state index contributed by atoms with van der Waals surface area (Å²) in [6.45, 7) is 1.26. The molecule has 0 bridgehead atoms. The van der Waals surface area contributed by atoms with Crippen LogP contribution in [0.3, 0.4) is 0 Å². The van der Waals surface area contributed by atoms with Crippen LogP contribution in [0.4, 0.5) is 4.79 Å². The number of hydrogen-bond acceptors (Lipinski definition) is 3. The molecule has 0 saturated carbocycles. The van der Waals surface area contributed by atoms with Gasteiger partial charge in [0.25, 0.3) is 5.91 Å². The molecule has 3 amide bonds. The first-order valence-corrected chi connectivity index (χ1v) is 9.80. The molecule has 1 aliphatic heterocycles. The Morgan fingerprint density at radius 2 is 1.86 bits per heavy atom. The Labute approximate surface area is 172 Å². The molecule has 28 heavy (non-hydrogen) atoms. The summed E-state index contributed by atoms with van der Waals surface area (Å²) < 4.78 is 0. The van der Waals surface area contributed by atoms with E-state index in [1.807, 2.05) is 12.1 Å². The molecule has 7 heteroatoms. The van der Waals surface area contributed by atoms with Crippen LogP contribution in [0.25, 0.3) is 0 Å². The van der Waals surface area contributed by atoms with E-state index in [0.717, 1.165) is 24.2 Å². The summed E-state index contributed by atoms with van der Waals surface area (Å²) >= 11 is 12.2. The third-order valence-corrected chi connectivity index (χ3v) is 6.01. The lowest BCUT2D eigenvalue weighted by atomic mass is 9.92. The molecule has 1 saturated heterocycles. The number of aryl methyl sites for hydroxylation is 2. The number of nitrogens with zero attached hydrogens (tertiary/aromatic N) is 1. The molecular formula is C21H18Cl2N2O3. The standard InChI is InChI=1S/C21H18Cl2N2O3/c1-21(16-8-7-15(22)10-17(16)23)19(27)25(20(28)24-21)11-18(26)14-6-5-12-3-2-4-13(12)9-14/h5-10H,2-4,11H2,1H3,(H,24,28)/t21-/m1/s1. The summed E-state index contributed by atoms with van der Waals surface area (Å²) in [6.07, 6.45) is 3.06. The summed E-state index contributed by atoms with van der Waals surface area (Å²) in [5, 5.41) is 3.36. The maximum atomic E-state index is 13.0. The Hall–Kier alpha value is -2.37. The Kier molecular flexibility index (Phi) is 4.68. The van der Waals surface area contributed by atoms with E-state index in [-0.39, 0.29) is 17.4 Å². The molecule has 2 aliphatic rings. The first-order valence-electron chi connectivity index (χ1n) is 9.04. The van der Waals surface area contributed by atoms with Gasteiger partial charge in [-0.3, -0.25) is 14.5 Å². The number of nitrogens with one attached hydrogen (secondary N) is 1. The van der Waals surface area contributed by atoms with Gasteiger partial charge in [-0.25, -0.2) is 4.79 Å². The first-order chi connectivity index (χ1) is 13.3. The number of benzene rings is 2. The van der Waals surface area contributed by atoms with Crippen molar-refractivity contribution in [3.8, 4) is 0 Å². The molecule has 1 atom stereocenters. The number of Topliss-reactive ketones (excluding diaryl/α,β-unsaturated/α-hetero) is 1. The molecular weight excluding hydrogens is 399 g/mol. The Balaban J connectivity index is 1.58. The Bertz CT molecular complexity index is 1020. The summed E-state index contributed by atoms with van der Waals surface area (Å²) in [5.41, 5.74) is 2.03. The fourth-order valence-electron chi connectivity index (χ4n) is 3.90. The molecule has 2 aromatic carbocycles. The maximum absolute atomic E-state index is 13.0. The highest BCUT2D eigenvalue weighted by molar-refractivity contribution is 6.35. The number of ketones is 1. The smallest absolute Gasteiger partial charge is 0.319 e. The van der Waals surface area contributed by atoms with Crippen LogP contribution in [0.5, 0.6) is 0 Å². The number of imide groups is 1. The van der Waals surface area contributed by atoms with E-state index >= 15 is 0 Å². The second-order valence-electron chi connectivity index (χ2n) is 7.33. The molecule has 4 rings (SSSR count). The molecule has 144 valence electrons. The number of fused-ring (bicyclic) bond motifs is 1. The molecule has 1 heterocycles. The minimum Gasteiger partial charge on any atom is -0.319 e. The second-order valence-corrected chi connectivity index (χ2v) is 8.17. The van der Waals surface area contributed by atoms with Gasteiger partial charge in [-0.15, -0.1) is 0 Å². The topological polar surface area (TPSA) is 66.5 Å². The van der Waals surface area contributed by atoms with E-state index in [2.05, 4.69) is 5.32 Å². The van der Waals surface area contributed by atoms with Crippen LogP contribution in [0.1, 0.15) is 40.4 Å². The van der Waals surface area contributed by atoms with Crippen LogP contribution in [-0.4, -0.2) is 29.2 Å². The van der Waals surface area contributed by atoms with E-state index in [0.29, 0.717) is 16.1 Å². The largest absolute Gasteiger partial charge is 0.325 e. The van der Waals surface area contributed by atoms with Crippen LogP contribution in [0, 0.1) is 0 Å². The zero-order valence-corrected chi connectivity index (χ0v) is 16.7. The lowest BCUT2D eigenvalue weighted by Crippen LogP contribution is -2.41. The van der Waals surface area contributed by atoms with Crippen molar-refractivity contribution in [1.82, 2.24) is 10.2 Å². The molecule has 0 unspecified atom stereocenters. The molecule has 0 radical (unpaired) electrons. The minimum absolute atomic E-state index is 0.273. The summed E-state index contributed by atoms with van der Waals surface area (Å²) in [6, 6.07) is 9.70. The van der Waals surface area contributed by atoms with Crippen LogP contribution in [0.15, 0.2) is 36.4 Å². The summed E-state index contributed by atoms with van der Waals surface area (Å²) in [4.78, 5) is 39.2. The van der Waals surface area contributed by atoms with Gasteiger partial charge < -0.3 is 5.32 Å². The molecule has 2 aromatic rings. The maximum Gasteiger partial charge on any atom is 0.325 e. The van der Waals surface area contributed by atoms with Gasteiger partial charge in [0, 0.05) is 21.2 Å². The normalized spacial score (nSPS) is 21.0. The molecule has 1 fully saturated rings. The van der Waals surface area contributed by atoms with E-state index in [4.69, 9.17) is 23.2 Å². The number of carbonyl (C=O) groups is 3. The van der Waals surface area contributed by atoms with Gasteiger partial charge in [0.2, 0.25) is 0 Å². The SMILES string of the molecule is C[C@]1(c2ccc(Cl)cc2Cl)NC(=O)N(CC(=O)c2ccc3c(c2)CCC3)C1=O. The van der Waals surface area contributed by atoms with Crippen molar-refractivity contribution < 1.29 is 14.4 Å². The van der Waals surface area contributed by atoms with Gasteiger partial charge in [-0.2, -0.15) is 0 Å². The van der Waals surface area contributed by atoms with Gasteiger partial charge in [-0.05, 0) is 55.5 Å². The fourth-order valence-corrected chi connectivity index (χ4v) is 4.50. The van der Waals surface area contributed by atoms with Crippen molar-refractivity contribution in [1.29, 1.82) is 0 Å². The van der Waals surface area contributed by atoms with Gasteiger partial charge in [0.1, 0.15) is 5.54 Å². The van der Waals surface area contributed by atoms with Gasteiger partial charge in [-0.1, -0.05) is 41.4 Å². The van der Waals surface area contributed by atoms with E-state index in [1.165, 1.54) is 17.2 Å².